The number of carboxylic acids is 1. The molecule has 1 aromatic rings. The normalized spacial score (nSPS) is 26.6. The first kappa shape index (κ1) is 12.6. The van der Waals surface area contributed by atoms with Gasteiger partial charge in [0.1, 0.15) is 5.82 Å². The van der Waals surface area contributed by atoms with Crippen molar-refractivity contribution >= 4 is 5.97 Å². The minimum Gasteiger partial charge on any atom is -0.478 e. The maximum absolute atomic E-state index is 14.1. The minimum atomic E-state index is -1.20. The van der Waals surface area contributed by atoms with E-state index in [1.165, 1.54) is 25.3 Å². The van der Waals surface area contributed by atoms with Crippen molar-refractivity contribution in [1.82, 2.24) is 4.90 Å². The van der Waals surface area contributed by atoms with E-state index in [-0.39, 0.29) is 5.56 Å². The molecule has 0 aromatic heterocycles. The highest BCUT2D eigenvalue weighted by molar-refractivity contribution is 5.88. The molecule has 0 spiro atoms. The lowest BCUT2D eigenvalue weighted by atomic mass is 10.0. The SMILES string of the molecule is O=C(O)c1cccc(CN2CC3CCCC3C2)c1F. The Bertz CT molecular complexity index is 491. The number of rotatable bonds is 3. The Kier molecular flexibility index (Phi) is 3.27. The van der Waals surface area contributed by atoms with Gasteiger partial charge >= 0.3 is 5.97 Å². The van der Waals surface area contributed by atoms with Crippen molar-refractivity contribution in [3.63, 3.8) is 0 Å². The fourth-order valence-electron chi connectivity index (χ4n) is 3.57. The molecule has 1 heterocycles. The molecule has 1 N–H and O–H groups in total. The van der Waals surface area contributed by atoms with Crippen LogP contribution < -0.4 is 0 Å². The first-order chi connectivity index (χ1) is 9.15. The fraction of sp³-hybridized carbons (Fsp3) is 0.533. The molecule has 0 radical (unpaired) electrons. The number of fused-ring (bicyclic) bond motifs is 1. The molecule has 0 bridgehead atoms. The fourth-order valence-corrected chi connectivity index (χ4v) is 3.57. The van der Waals surface area contributed by atoms with Crippen LogP contribution in [0.5, 0.6) is 0 Å². The number of nitrogens with zero attached hydrogens (tertiary/aromatic N) is 1. The maximum atomic E-state index is 14.1. The standard InChI is InChI=1S/C15H18FNO2/c16-14-12(5-2-6-13(14)15(18)19)9-17-7-10-3-1-4-11(10)8-17/h2,5-6,10-11H,1,3-4,7-9H2,(H,18,19). The second-order valence-electron chi connectivity index (χ2n) is 5.73. The van der Waals surface area contributed by atoms with Gasteiger partial charge in [0.25, 0.3) is 0 Å². The zero-order valence-electron chi connectivity index (χ0n) is 10.8. The van der Waals surface area contributed by atoms with Crippen LogP contribution >= 0.6 is 0 Å². The largest absolute Gasteiger partial charge is 0.478 e. The molecule has 0 amide bonds. The van der Waals surface area contributed by atoms with E-state index in [0.29, 0.717) is 12.1 Å². The zero-order chi connectivity index (χ0) is 13.4. The first-order valence-corrected chi connectivity index (χ1v) is 6.88. The predicted molar refractivity (Wildman–Crippen MR) is 69.5 cm³/mol. The van der Waals surface area contributed by atoms with E-state index in [2.05, 4.69) is 4.90 Å². The Morgan fingerprint density at radius 3 is 2.63 bits per heavy atom. The molecule has 1 saturated heterocycles. The van der Waals surface area contributed by atoms with E-state index in [0.717, 1.165) is 24.9 Å². The van der Waals surface area contributed by atoms with E-state index in [1.54, 1.807) is 12.1 Å². The topological polar surface area (TPSA) is 40.5 Å². The van der Waals surface area contributed by atoms with Crippen LogP contribution in [0.15, 0.2) is 18.2 Å². The third-order valence-electron chi connectivity index (χ3n) is 4.50. The molecule has 2 atom stereocenters. The molecule has 2 unspecified atom stereocenters. The third-order valence-corrected chi connectivity index (χ3v) is 4.50. The summed E-state index contributed by atoms with van der Waals surface area (Å²) in [6.45, 7) is 2.59. The maximum Gasteiger partial charge on any atom is 0.338 e. The van der Waals surface area contributed by atoms with Crippen molar-refractivity contribution in [2.75, 3.05) is 13.1 Å². The molecule has 2 fully saturated rings. The highest BCUT2D eigenvalue weighted by atomic mass is 19.1. The number of carboxylic acid groups (broad SMARTS) is 1. The van der Waals surface area contributed by atoms with Crippen LogP contribution in [-0.2, 0) is 6.54 Å². The van der Waals surface area contributed by atoms with Crippen LogP contribution in [0.2, 0.25) is 0 Å². The van der Waals surface area contributed by atoms with Gasteiger partial charge < -0.3 is 5.11 Å². The Hall–Kier alpha value is -1.42. The Labute approximate surface area is 112 Å². The molecule has 3 rings (SSSR count). The van der Waals surface area contributed by atoms with Gasteiger partial charge in [-0.1, -0.05) is 18.6 Å². The first-order valence-electron chi connectivity index (χ1n) is 6.88. The summed E-state index contributed by atoms with van der Waals surface area (Å²) < 4.78 is 14.1. The third kappa shape index (κ3) is 2.37. The molecule has 102 valence electrons. The van der Waals surface area contributed by atoms with Gasteiger partial charge in [0, 0.05) is 25.2 Å². The number of halogens is 1. The number of likely N-dealkylation sites (tertiary alicyclic amines) is 1. The van der Waals surface area contributed by atoms with Gasteiger partial charge in [-0.3, -0.25) is 4.90 Å². The number of hydrogen-bond donors (Lipinski definition) is 1. The lowest BCUT2D eigenvalue weighted by Gasteiger charge is -2.17. The minimum absolute atomic E-state index is 0.225. The van der Waals surface area contributed by atoms with E-state index < -0.39 is 11.8 Å². The Balaban J connectivity index is 1.74. The quantitative estimate of drug-likeness (QED) is 0.911. The van der Waals surface area contributed by atoms with Crippen LogP contribution in [0.4, 0.5) is 4.39 Å². The predicted octanol–water partition coefficient (Wildman–Crippen LogP) is 2.76. The lowest BCUT2D eigenvalue weighted by molar-refractivity contribution is 0.0691. The highest BCUT2D eigenvalue weighted by Gasteiger charge is 2.36. The average molecular weight is 263 g/mol. The summed E-state index contributed by atoms with van der Waals surface area (Å²) in [5.74, 6) is -0.235. The van der Waals surface area contributed by atoms with Crippen LogP contribution in [0.1, 0.15) is 35.2 Å². The summed E-state index contributed by atoms with van der Waals surface area (Å²) in [6, 6.07) is 4.63. The van der Waals surface area contributed by atoms with Crippen LogP contribution in [0, 0.1) is 17.7 Å². The number of benzene rings is 1. The van der Waals surface area contributed by atoms with E-state index >= 15 is 0 Å². The summed E-state index contributed by atoms with van der Waals surface area (Å²) in [6.07, 6.45) is 3.91. The van der Waals surface area contributed by atoms with Crippen LogP contribution in [0.3, 0.4) is 0 Å². The summed E-state index contributed by atoms with van der Waals surface area (Å²) in [4.78, 5) is 13.2. The van der Waals surface area contributed by atoms with Crippen molar-refractivity contribution in [3.8, 4) is 0 Å². The molecule has 1 aromatic carbocycles. The van der Waals surface area contributed by atoms with Gasteiger partial charge in [-0.05, 0) is 30.7 Å². The summed E-state index contributed by atoms with van der Waals surface area (Å²) in [5.41, 5.74) is 0.275. The van der Waals surface area contributed by atoms with Crippen LogP contribution in [-0.4, -0.2) is 29.1 Å². The highest BCUT2D eigenvalue weighted by Crippen LogP contribution is 2.38. The molecule has 19 heavy (non-hydrogen) atoms. The molecule has 4 heteroatoms. The number of carbonyl (C=O) groups is 1. The van der Waals surface area contributed by atoms with Crippen molar-refractivity contribution < 1.29 is 14.3 Å². The van der Waals surface area contributed by atoms with E-state index in [1.807, 2.05) is 0 Å². The van der Waals surface area contributed by atoms with Gasteiger partial charge in [0.05, 0.1) is 5.56 Å². The van der Waals surface area contributed by atoms with Crippen molar-refractivity contribution in [3.05, 3.63) is 35.1 Å². The van der Waals surface area contributed by atoms with Gasteiger partial charge in [0.15, 0.2) is 0 Å². The van der Waals surface area contributed by atoms with E-state index in [4.69, 9.17) is 5.11 Å². The average Bonchev–Trinajstić information content (AvgIpc) is 2.92. The Morgan fingerprint density at radius 2 is 2.00 bits per heavy atom. The number of hydrogen-bond acceptors (Lipinski definition) is 2. The molecule has 1 aliphatic carbocycles. The molecule has 1 aliphatic heterocycles. The molecule has 2 aliphatic rings. The van der Waals surface area contributed by atoms with E-state index in [9.17, 15) is 9.18 Å². The lowest BCUT2D eigenvalue weighted by Crippen LogP contribution is -2.22. The molecular formula is C15H18FNO2. The van der Waals surface area contributed by atoms with Crippen molar-refractivity contribution in [1.29, 1.82) is 0 Å². The second-order valence-corrected chi connectivity index (χ2v) is 5.73. The summed E-state index contributed by atoms with van der Waals surface area (Å²) in [7, 11) is 0. The van der Waals surface area contributed by atoms with Crippen LogP contribution in [0.25, 0.3) is 0 Å². The smallest absolute Gasteiger partial charge is 0.338 e. The van der Waals surface area contributed by atoms with Gasteiger partial charge in [-0.25, -0.2) is 9.18 Å². The van der Waals surface area contributed by atoms with Crippen molar-refractivity contribution in [2.45, 2.75) is 25.8 Å². The molecule has 1 saturated carbocycles. The van der Waals surface area contributed by atoms with Gasteiger partial charge in [-0.15, -0.1) is 0 Å². The van der Waals surface area contributed by atoms with Crippen molar-refractivity contribution in [2.24, 2.45) is 11.8 Å². The van der Waals surface area contributed by atoms with Gasteiger partial charge in [0.2, 0.25) is 0 Å². The monoisotopic (exact) mass is 263 g/mol. The number of aromatic carboxylic acids is 1. The Morgan fingerprint density at radius 1 is 1.32 bits per heavy atom. The molecular weight excluding hydrogens is 245 g/mol. The second kappa shape index (κ2) is 4.93. The summed E-state index contributed by atoms with van der Waals surface area (Å²) >= 11 is 0. The zero-order valence-corrected chi connectivity index (χ0v) is 10.8. The summed E-state index contributed by atoms with van der Waals surface area (Å²) in [5, 5.41) is 8.93. The van der Waals surface area contributed by atoms with Gasteiger partial charge in [-0.2, -0.15) is 0 Å². The molecule has 3 nitrogen and oxygen atoms in total.